The number of anilines is 1. The minimum absolute atomic E-state index is 0.112. The van der Waals surface area contributed by atoms with Gasteiger partial charge in [-0.3, -0.25) is 4.79 Å². The summed E-state index contributed by atoms with van der Waals surface area (Å²) in [6, 6.07) is 19.1. The average Bonchev–Trinajstić information content (AvgIpc) is 2.88. The minimum Gasteiger partial charge on any atom is -0.366 e. The SMILES string of the molecule is CCCCc1ccc(CS(=O)(=O)c2ccc(C)c(C(=O)N3CCN(c4ccccc4F)CC3)c2)cc1. The van der Waals surface area contributed by atoms with E-state index in [9.17, 15) is 17.6 Å². The molecule has 0 aromatic heterocycles. The summed E-state index contributed by atoms with van der Waals surface area (Å²) in [5, 5.41) is 0. The number of carbonyl (C=O) groups excluding carboxylic acids is 1. The van der Waals surface area contributed by atoms with Gasteiger partial charge in [-0.05, 0) is 60.7 Å². The van der Waals surface area contributed by atoms with Gasteiger partial charge in [0.15, 0.2) is 9.84 Å². The third kappa shape index (κ3) is 5.95. The van der Waals surface area contributed by atoms with E-state index in [0.29, 0.717) is 37.4 Å². The van der Waals surface area contributed by atoms with Crippen LogP contribution in [-0.2, 0) is 22.0 Å². The van der Waals surface area contributed by atoms with Crippen LogP contribution in [0.4, 0.5) is 10.1 Å². The molecule has 0 bridgehead atoms. The number of hydrogen-bond donors (Lipinski definition) is 0. The lowest BCUT2D eigenvalue weighted by Gasteiger charge is -2.36. The van der Waals surface area contributed by atoms with Crippen LogP contribution in [-0.4, -0.2) is 45.4 Å². The van der Waals surface area contributed by atoms with Gasteiger partial charge >= 0.3 is 0 Å². The van der Waals surface area contributed by atoms with Crippen molar-refractivity contribution in [3.05, 3.63) is 94.8 Å². The molecule has 1 heterocycles. The molecule has 0 unspecified atom stereocenters. The Morgan fingerprint density at radius 3 is 2.25 bits per heavy atom. The van der Waals surface area contributed by atoms with Crippen LogP contribution in [0.25, 0.3) is 0 Å². The summed E-state index contributed by atoms with van der Waals surface area (Å²) in [6.45, 7) is 5.86. The van der Waals surface area contributed by atoms with Crippen molar-refractivity contribution in [1.82, 2.24) is 4.90 Å². The van der Waals surface area contributed by atoms with Crippen LogP contribution in [0.3, 0.4) is 0 Å². The van der Waals surface area contributed by atoms with Gasteiger partial charge in [-0.25, -0.2) is 12.8 Å². The maximum absolute atomic E-state index is 14.2. The van der Waals surface area contributed by atoms with Crippen molar-refractivity contribution in [2.45, 2.75) is 43.8 Å². The highest BCUT2D eigenvalue weighted by atomic mass is 32.2. The van der Waals surface area contributed by atoms with Gasteiger partial charge in [0.05, 0.1) is 16.3 Å². The zero-order chi connectivity index (χ0) is 25.7. The Hall–Kier alpha value is -3.19. The molecule has 5 nitrogen and oxygen atoms in total. The molecule has 1 aliphatic heterocycles. The first-order valence-electron chi connectivity index (χ1n) is 12.5. The molecule has 0 aliphatic carbocycles. The van der Waals surface area contributed by atoms with Gasteiger partial charge in [-0.2, -0.15) is 0 Å². The number of amides is 1. The molecule has 1 amide bonds. The number of aryl methyl sites for hydroxylation is 2. The second-order valence-electron chi connectivity index (χ2n) is 9.39. The molecule has 0 atom stereocenters. The van der Waals surface area contributed by atoms with E-state index in [1.54, 1.807) is 35.2 Å². The van der Waals surface area contributed by atoms with Gasteiger partial charge in [0.2, 0.25) is 0 Å². The summed E-state index contributed by atoms with van der Waals surface area (Å²) in [5.74, 6) is -0.585. The molecule has 0 N–H and O–H groups in total. The van der Waals surface area contributed by atoms with E-state index in [1.807, 2.05) is 36.1 Å². The second kappa shape index (κ2) is 11.2. The maximum atomic E-state index is 14.2. The normalized spacial score (nSPS) is 14.2. The molecule has 190 valence electrons. The van der Waals surface area contributed by atoms with Gasteiger partial charge < -0.3 is 9.80 Å². The third-order valence-corrected chi connectivity index (χ3v) is 8.44. The van der Waals surface area contributed by atoms with Crippen molar-refractivity contribution in [1.29, 1.82) is 0 Å². The predicted molar refractivity (Wildman–Crippen MR) is 142 cm³/mol. The van der Waals surface area contributed by atoms with E-state index < -0.39 is 9.84 Å². The number of sulfone groups is 1. The summed E-state index contributed by atoms with van der Waals surface area (Å²) in [4.78, 5) is 17.1. The number of halogens is 1. The van der Waals surface area contributed by atoms with E-state index in [0.717, 1.165) is 30.4 Å². The fourth-order valence-corrected chi connectivity index (χ4v) is 5.91. The Morgan fingerprint density at radius 1 is 0.917 bits per heavy atom. The monoisotopic (exact) mass is 508 g/mol. The summed E-state index contributed by atoms with van der Waals surface area (Å²) < 4.78 is 40.5. The molecule has 0 saturated carbocycles. The van der Waals surface area contributed by atoms with Crippen LogP contribution in [0.2, 0.25) is 0 Å². The van der Waals surface area contributed by atoms with Crippen LogP contribution in [0.5, 0.6) is 0 Å². The highest BCUT2D eigenvalue weighted by Crippen LogP contribution is 2.24. The molecule has 3 aromatic rings. The first kappa shape index (κ1) is 25.9. The molecular weight excluding hydrogens is 475 g/mol. The molecule has 1 fully saturated rings. The summed E-state index contributed by atoms with van der Waals surface area (Å²) in [6.07, 6.45) is 3.21. The van der Waals surface area contributed by atoms with Gasteiger partial charge in [0.1, 0.15) is 5.82 Å². The van der Waals surface area contributed by atoms with E-state index >= 15 is 0 Å². The molecule has 1 saturated heterocycles. The van der Waals surface area contributed by atoms with Crippen molar-refractivity contribution < 1.29 is 17.6 Å². The summed E-state index contributed by atoms with van der Waals surface area (Å²) in [7, 11) is -3.62. The van der Waals surface area contributed by atoms with Crippen molar-refractivity contribution in [3.8, 4) is 0 Å². The molecule has 1 aliphatic rings. The quantitative estimate of drug-likeness (QED) is 0.408. The van der Waals surface area contributed by atoms with Gasteiger partial charge in [0, 0.05) is 31.7 Å². The van der Waals surface area contributed by atoms with E-state index in [4.69, 9.17) is 0 Å². The number of para-hydroxylation sites is 1. The molecule has 0 spiro atoms. The first-order chi connectivity index (χ1) is 17.3. The van der Waals surface area contributed by atoms with Gasteiger partial charge in [-0.1, -0.05) is 55.8 Å². The highest BCUT2D eigenvalue weighted by molar-refractivity contribution is 7.90. The van der Waals surface area contributed by atoms with Gasteiger partial charge in [0.25, 0.3) is 5.91 Å². The number of nitrogens with zero attached hydrogens (tertiary/aromatic N) is 2. The highest BCUT2D eigenvalue weighted by Gasteiger charge is 2.26. The van der Waals surface area contributed by atoms with Crippen LogP contribution < -0.4 is 4.90 Å². The number of piperazine rings is 1. The number of benzene rings is 3. The number of unbranched alkanes of at least 4 members (excludes halogenated alkanes) is 1. The van der Waals surface area contributed by atoms with Crippen molar-refractivity contribution >= 4 is 21.4 Å². The fraction of sp³-hybridized carbons (Fsp3) is 0.345. The maximum Gasteiger partial charge on any atom is 0.254 e. The smallest absolute Gasteiger partial charge is 0.254 e. The summed E-state index contributed by atoms with van der Waals surface area (Å²) >= 11 is 0. The molecular formula is C29H33FN2O3S. The van der Waals surface area contributed by atoms with Crippen LogP contribution in [0, 0.1) is 12.7 Å². The van der Waals surface area contributed by atoms with E-state index in [-0.39, 0.29) is 22.4 Å². The van der Waals surface area contributed by atoms with Gasteiger partial charge in [-0.15, -0.1) is 0 Å². The Balaban J connectivity index is 1.46. The van der Waals surface area contributed by atoms with E-state index in [2.05, 4.69) is 6.92 Å². The molecule has 3 aromatic carbocycles. The minimum atomic E-state index is -3.62. The standard InChI is InChI=1S/C29H33FN2O3S/c1-3-4-7-23-11-13-24(14-12-23)21-36(34,35)25-15-10-22(2)26(20-25)29(33)32-18-16-31(17-19-32)28-9-6-5-8-27(28)30/h5-6,8-15,20H,3-4,7,16-19,21H2,1-2H3. The zero-order valence-corrected chi connectivity index (χ0v) is 21.7. The number of carbonyl (C=O) groups is 1. The Labute approximate surface area is 213 Å². The Kier molecular flexibility index (Phi) is 8.09. The molecule has 36 heavy (non-hydrogen) atoms. The third-order valence-electron chi connectivity index (χ3n) is 6.76. The van der Waals surface area contributed by atoms with Crippen molar-refractivity contribution in [2.75, 3.05) is 31.1 Å². The molecule has 4 rings (SSSR count). The lowest BCUT2D eigenvalue weighted by Crippen LogP contribution is -2.49. The van der Waals surface area contributed by atoms with Crippen LogP contribution in [0.1, 0.15) is 46.8 Å². The van der Waals surface area contributed by atoms with Crippen molar-refractivity contribution in [3.63, 3.8) is 0 Å². The Morgan fingerprint density at radius 2 is 1.58 bits per heavy atom. The number of hydrogen-bond acceptors (Lipinski definition) is 4. The molecule has 7 heteroatoms. The largest absolute Gasteiger partial charge is 0.366 e. The van der Waals surface area contributed by atoms with Crippen LogP contribution >= 0.6 is 0 Å². The average molecular weight is 509 g/mol. The lowest BCUT2D eigenvalue weighted by atomic mass is 10.1. The molecule has 0 radical (unpaired) electrons. The Bertz CT molecular complexity index is 1310. The predicted octanol–water partition coefficient (Wildman–Crippen LogP) is 5.41. The van der Waals surface area contributed by atoms with Crippen molar-refractivity contribution in [2.24, 2.45) is 0 Å². The van der Waals surface area contributed by atoms with Crippen LogP contribution in [0.15, 0.2) is 71.6 Å². The lowest BCUT2D eigenvalue weighted by molar-refractivity contribution is 0.0745. The summed E-state index contributed by atoms with van der Waals surface area (Å²) in [5.41, 5.74) is 3.60. The fourth-order valence-electron chi connectivity index (χ4n) is 4.54. The number of rotatable bonds is 8. The topological polar surface area (TPSA) is 57.7 Å². The zero-order valence-electron chi connectivity index (χ0n) is 20.9. The first-order valence-corrected chi connectivity index (χ1v) is 14.1. The van der Waals surface area contributed by atoms with E-state index in [1.165, 1.54) is 17.7 Å². The second-order valence-corrected chi connectivity index (χ2v) is 11.4.